The molecule has 8 heteroatoms. The third-order valence-corrected chi connectivity index (χ3v) is 6.15. The minimum absolute atomic E-state index is 0.0106. The number of ether oxygens (including phenoxy) is 1. The highest BCUT2D eigenvalue weighted by molar-refractivity contribution is 7.92. The number of para-hydroxylation sites is 1. The number of sulfonamides is 1. The number of aryl methyl sites for hydroxylation is 1. The van der Waals surface area contributed by atoms with Gasteiger partial charge in [0.05, 0.1) is 9.92 Å². The van der Waals surface area contributed by atoms with Gasteiger partial charge in [0.1, 0.15) is 5.75 Å². The van der Waals surface area contributed by atoms with E-state index in [1.807, 2.05) is 32.0 Å². The van der Waals surface area contributed by atoms with Crippen molar-refractivity contribution in [2.24, 2.45) is 0 Å². The lowest BCUT2D eigenvalue weighted by molar-refractivity contribution is -0.118. The topological polar surface area (TPSA) is 84.5 Å². The zero-order valence-corrected chi connectivity index (χ0v) is 18.0. The molecule has 0 aliphatic heterocycles. The maximum Gasteiger partial charge on any atom is 0.262 e. The van der Waals surface area contributed by atoms with Crippen molar-refractivity contribution in [3.05, 3.63) is 82.9 Å². The van der Waals surface area contributed by atoms with Crippen molar-refractivity contribution in [2.45, 2.75) is 18.7 Å². The summed E-state index contributed by atoms with van der Waals surface area (Å²) >= 11 is 6.18. The van der Waals surface area contributed by atoms with E-state index in [1.165, 1.54) is 18.2 Å². The Hall–Kier alpha value is -3.03. The first-order chi connectivity index (χ1) is 14.3. The van der Waals surface area contributed by atoms with Crippen LogP contribution in [0.1, 0.15) is 11.1 Å². The molecule has 0 heterocycles. The fourth-order valence-corrected chi connectivity index (χ4v) is 4.09. The normalized spacial score (nSPS) is 11.0. The van der Waals surface area contributed by atoms with Crippen LogP contribution in [0.4, 0.5) is 11.4 Å². The van der Waals surface area contributed by atoms with Gasteiger partial charge in [-0.15, -0.1) is 0 Å². The fraction of sp³-hybridized carbons (Fsp3) is 0.136. The Labute approximate surface area is 180 Å². The number of hydrogen-bond acceptors (Lipinski definition) is 4. The number of rotatable bonds is 7. The van der Waals surface area contributed by atoms with Crippen molar-refractivity contribution >= 4 is 38.9 Å². The summed E-state index contributed by atoms with van der Waals surface area (Å²) in [6.45, 7) is 3.62. The molecule has 2 N–H and O–H groups in total. The third kappa shape index (κ3) is 5.31. The zero-order chi connectivity index (χ0) is 21.7. The van der Waals surface area contributed by atoms with Gasteiger partial charge < -0.3 is 10.1 Å². The molecule has 3 rings (SSSR count). The number of amides is 1. The number of carbonyl (C=O) groups is 1. The molecule has 0 saturated carbocycles. The van der Waals surface area contributed by atoms with Crippen molar-refractivity contribution in [1.82, 2.24) is 0 Å². The van der Waals surface area contributed by atoms with Gasteiger partial charge in [-0.25, -0.2) is 8.42 Å². The van der Waals surface area contributed by atoms with Gasteiger partial charge in [0, 0.05) is 11.4 Å². The number of hydrogen-bond donors (Lipinski definition) is 2. The molecule has 6 nitrogen and oxygen atoms in total. The van der Waals surface area contributed by atoms with E-state index in [1.54, 1.807) is 30.3 Å². The predicted molar refractivity (Wildman–Crippen MR) is 119 cm³/mol. The number of carbonyl (C=O) groups excluding carboxylic acids is 1. The Balaban J connectivity index is 1.65. The molecule has 0 radical (unpaired) electrons. The molecule has 156 valence electrons. The lowest BCUT2D eigenvalue weighted by Crippen LogP contribution is -2.21. The summed E-state index contributed by atoms with van der Waals surface area (Å²) in [6.07, 6.45) is 0. The Morgan fingerprint density at radius 1 is 1.00 bits per heavy atom. The summed E-state index contributed by atoms with van der Waals surface area (Å²) < 4.78 is 33.0. The Bertz CT molecular complexity index is 1170. The van der Waals surface area contributed by atoms with Gasteiger partial charge in [-0.2, -0.15) is 0 Å². The van der Waals surface area contributed by atoms with Gasteiger partial charge in [0.2, 0.25) is 0 Å². The van der Waals surface area contributed by atoms with Gasteiger partial charge in [-0.1, -0.05) is 41.9 Å². The zero-order valence-electron chi connectivity index (χ0n) is 16.5. The summed E-state index contributed by atoms with van der Waals surface area (Å²) in [7, 11) is -3.80. The molecule has 30 heavy (non-hydrogen) atoms. The molecule has 0 aliphatic rings. The molecule has 0 bridgehead atoms. The Morgan fingerprint density at radius 2 is 1.73 bits per heavy atom. The molecule has 0 fully saturated rings. The van der Waals surface area contributed by atoms with Crippen molar-refractivity contribution < 1.29 is 17.9 Å². The van der Waals surface area contributed by atoms with Gasteiger partial charge >= 0.3 is 0 Å². The number of anilines is 2. The van der Waals surface area contributed by atoms with E-state index >= 15 is 0 Å². The number of nitrogens with one attached hydrogen (secondary N) is 2. The summed E-state index contributed by atoms with van der Waals surface area (Å²) in [5, 5.41) is 2.88. The molecule has 0 atom stereocenters. The summed E-state index contributed by atoms with van der Waals surface area (Å²) in [4.78, 5) is 12.2. The van der Waals surface area contributed by atoms with E-state index in [-0.39, 0.29) is 28.2 Å². The monoisotopic (exact) mass is 444 g/mol. The molecule has 0 spiro atoms. The standard InChI is InChI=1S/C22H21ClN2O4S/c1-15-7-6-10-20(16(15)2)24-22(26)14-29-21-12-11-18(13-19(21)23)30(27,28)25-17-8-4-3-5-9-17/h3-13,25H,14H2,1-2H3,(H,24,26). The van der Waals surface area contributed by atoms with Crippen molar-refractivity contribution in [3.8, 4) is 5.75 Å². The van der Waals surface area contributed by atoms with Crippen molar-refractivity contribution in [2.75, 3.05) is 16.6 Å². The van der Waals surface area contributed by atoms with E-state index in [0.717, 1.165) is 11.1 Å². The van der Waals surface area contributed by atoms with Crippen LogP contribution in [0.3, 0.4) is 0 Å². The van der Waals surface area contributed by atoms with Gasteiger partial charge in [0.25, 0.3) is 15.9 Å². The lowest BCUT2D eigenvalue weighted by Gasteiger charge is -2.13. The average molecular weight is 445 g/mol. The van der Waals surface area contributed by atoms with Crippen molar-refractivity contribution in [3.63, 3.8) is 0 Å². The molecule has 0 aliphatic carbocycles. The van der Waals surface area contributed by atoms with Crippen LogP contribution in [0.5, 0.6) is 5.75 Å². The molecule has 0 unspecified atom stereocenters. The van der Waals surface area contributed by atoms with Crippen LogP contribution in [0.2, 0.25) is 5.02 Å². The van der Waals surface area contributed by atoms with Crippen molar-refractivity contribution in [1.29, 1.82) is 0 Å². The summed E-state index contributed by atoms with van der Waals surface area (Å²) in [6, 6.07) is 18.2. The molecule has 1 amide bonds. The first kappa shape index (κ1) is 21.7. The Morgan fingerprint density at radius 3 is 2.43 bits per heavy atom. The van der Waals surface area contributed by atoms with E-state index < -0.39 is 10.0 Å². The summed E-state index contributed by atoms with van der Waals surface area (Å²) in [5.41, 5.74) is 3.20. The van der Waals surface area contributed by atoms with Crippen LogP contribution >= 0.6 is 11.6 Å². The van der Waals surface area contributed by atoms with E-state index in [2.05, 4.69) is 10.0 Å². The fourth-order valence-electron chi connectivity index (χ4n) is 2.70. The first-order valence-corrected chi connectivity index (χ1v) is 11.0. The second-order valence-electron chi connectivity index (χ2n) is 6.65. The molecular weight excluding hydrogens is 424 g/mol. The molecule has 3 aromatic rings. The van der Waals surface area contributed by atoms with Crippen LogP contribution in [0.25, 0.3) is 0 Å². The quantitative estimate of drug-likeness (QED) is 0.549. The number of benzene rings is 3. The van der Waals surface area contributed by atoms with Crippen LogP contribution in [-0.2, 0) is 14.8 Å². The summed E-state index contributed by atoms with van der Waals surface area (Å²) in [5.74, 6) is -0.131. The van der Waals surface area contributed by atoms with E-state index in [0.29, 0.717) is 11.4 Å². The largest absolute Gasteiger partial charge is 0.482 e. The average Bonchev–Trinajstić information content (AvgIpc) is 2.71. The lowest BCUT2D eigenvalue weighted by atomic mass is 10.1. The molecule has 0 aromatic heterocycles. The minimum Gasteiger partial charge on any atom is -0.482 e. The highest BCUT2D eigenvalue weighted by atomic mass is 35.5. The smallest absolute Gasteiger partial charge is 0.262 e. The Kier molecular flexibility index (Phi) is 6.64. The second-order valence-corrected chi connectivity index (χ2v) is 8.74. The van der Waals surface area contributed by atoms with Crippen LogP contribution in [-0.4, -0.2) is 20.9 Å². The molecular formula is C22H21ClN2O4S. The SMILES string of the molecule is Cc1cccc(NC(=O)COc2ccc(S(=O)(=O)Nc3ccccc3)cc2Cl)c1C. The van der Waals surface area contributed by atoms with E-state index in [9.17, 15) is 13.2 Å². The molecule has 0 saturated heterocycles. The van der Waals surface area contributed by atoms with Gasteiger partial charge in [0.15, 0.2) is 6.61 Å². The third-order valence-electron chi connectivity index (χ3n) is 4.48. The van der Waals surface area contributed by atoms with E-state index in [4.69, 9.17) is 16.3 Å². The maximum absolute atomic E-state index is 12.5. The highest BCUT2D eigenvalue weighted by Gasteiger charge is 2.17. The minimum atomic E-state index is -3.80. The van der Waals surface area contributed by atoms with Crippen LogP contribution in [0.15, 0.2) is 71.6 Å². The van der Waals surface area contributed by atoms with Crippen LogP contribution < -0.4 is 14.8 Å². The number of halogens is 1. The highest BCUT2D eigenvalue weighted by Crippen LogP contribution is 2.28. The second kappa shape index (κ2) is 9.19. The molecule has 3 aromatic carbocycles. The predicted octanol–water partition coefficient (Wildman–Crippen LogP) is 4.78. The first-order valence-electron chi connectivity index (χ1n) is 9.12. The van der Waals surface area contributed by atoms with Crippen LogP contribution in [0, 0.1) is 13.8 Å². The van der Waals surface area contributed by atoms with Gasteiger partial charge in [-0.3, -0.25) is 9.52 Å². The maximum atomic E-state index is 12.5. The van der Waals surface area contributed by atoms with Gasteiger partial charge in [-0.05, 0) is 61.4 Å².